The first-order valence-corrected chi connectivity index (χ1v) is 7.44. The third-order valence-electron chi connectivity index (χ3n) is 2.74. The second-order valence-corrected chi connectivity index (χ2v) is 6.23. The van der Waals surface area contributed by atoms with Gasteiger partial charge in [0.1, 0.15) is 0 Å². The van der Waals surface area contributed by atoms with E-state index in [4.69, 9.17) is 0 Å². The summed E-state index contributed by atoms with van der Waals surface area (Å²) in [4.78, 5) is 4.10. The van der Waals surface area contributed by atoms with E-state index in [1.54, 1.807) is 48.8 Å². The molecule has 0 aliphatic carbocycles. The third kappa shape index (κ3) is 3.21. The van der Waals surface area contributed by atoms with Crippen LogP contribution in [0.4, 0.5) is 0 Å². The lowest BCUT2D eigenvalue weighted by Crippen LogP contribution is -2.21. The SMILES string of the molecule is Cc1ccc(S(=O)(=O)N(C)N=Cc2ccncc2)cc1. The molecule has 1 aromatic carbocycles. The Morgan fingerprint density at radius 3 is 2.30 bits per heavy atom. The smallest absolute Gasteiger partial charge is 0.265 e. The van der Waals surface area contributed by atoms with Crippen molar-refractivity contribution < 1.29 is 8.42 Å². The highest BCUT2D eigenvalue weighted by molar-refractivity contribution is 7.89. The number of hydrogen-bond donors (Lipinski definition) is 0. The fourth-order valence-electron chi connectivity index (χ4n) is 1.52. The molecule has 0 N–H and O–H groups in total. The summed E-state index contributed by atoms with van der Waals surface area (Å²) in [6.07, 6.45) is 4.72. The van der Waals surface area contributed by atoms with Gasteiger partial charge in [-0.3, -0.25) is 4.98 Å². The lowest BCUT2D eigenvalue weighted by molar-refractivity contribution is 0.491. The summed E-state index contributed by atoms with van der Waals surface area (Å²) in [5, 5.41) is 3.96. The van der Waals surface area contributed by atoms with Crippen LogP contribution in [0, 0.1) is 6.92 Å². The minimum Gasteiger partial charge on any atom is -0.265 e. The largest absolute Gasteiger partial charge is 0.278 e. The van der Waals surface area contributed by atoms with Crippen molar-refractivity contribution in [1.29, 1.82) is 0 Å². The van der Waals surface area contributed by atoms with Crippen molar-refractivity contribution >= 4 is 16.2 Å². The van der Waals surface area contributed by atoms with E-state index in [0.29, 0.717) is 0 Å². The summed E-state index contributed by atoms with van der Waals surface area (Å²) in [5.41, 5.74) is 1.79. The molecule has 0 saturated heterocycles. The standard InChI is InChI=1S/C14H15N3O2S/c1-12-3-5-14(6-4-12)20(18,19)17(2)16-11-13-7-9-15-10-8-13/h3-11H,1-2H3. The van der Waals surface area contributed by atoms with Crippen molar-refractivity contribution in [3.63, 3.8) is 0 Å². The lowest BCUT2D eigenvalue weighted by Gasteiger charge is -2.13. The molecule has 0 spiro atoms. The molecule has 0 aliphatic rings. The van der Waals surface area contributed by atoms with E-state index in [0.717, 1.165) is 15.5 Å². The summed E-state index contributed by atoms with van der Waals surface area (Å²) in [6, 6.07) is 10.2. The van der Waals surface area contributed by atoms with E-state index in [9.17, 15) is 8.42 Å². The molecular weight excluding hydrogens is 274 g/mol. The fourth-order valence-corrected chi connectivity index (χ4v) is 2.48. The highest BCUT2D eigenvalue weighted by atomic mass is 32.2. The van der Waals surface area contributed by atoms with Crippen LogP contribution in [0.5, 0.6) is 0 Å². The van der Waals surface area contributed by atoms with Gasteiger partial charge in [0.05, 0.1) is 11.1 Å². The Morgan fingerprint density at radius 1 is 1.10 bits per heavy atom. The molecule has 5 nitrogen and oxygen atoms in total. The molecule has 0 amide bonds. The van der Waals surface area contributed by atoms with Crippen LogP contribution in [0.1, 0.15) is 11.1 Å². The Bertz CT molecular complexity index is 695. The molecule has 104 valence electrons. The Morgan fingerprint density at radius 2 is 1.70 bits per heavy atom. The quantitative estimate of drug-likeness (QED) is 0.639. The Balaban J connectivity index is 2.21. The van der Waals surface area contributed by atoms with Crippen LogP contribution >= 0.6 is 0 Å². The number of nitrogens with zero attached hydrogens (tertiary/aromatic N) is 3. The van der Waals surface area contributed by atoms with Crippen LogP contribution in [0.15, 0.2) is 58.8 Å². The van der Waals surface area contributed by atoms with Gasteiger partial charge in [0, 0.05) is 19.4 Å². The van der Waals surface area contributed by atoms with E-state index < -0.39 is 10.0 Å². The number of hydrazone groups is 1. The topological polar surface area (TPSA) is 62.6 Å². The van der Waals surface area contributed by atoms with E-state index >= 15 is 0 Å². The molecule has 1 aromatic heterocycles. The van der Waals surface area contributed by atoms with Gasteiger partial charge in [0.15, 0.2) is 0 Å². The summed E-state index contributed by atoms with van der Waals surface area (Å²) < 4.78 is 25.5. The summed E-state index contributed by atoms with van der Waals surface area (Å²) in [5.74, 6) is 0. The monoisotopic (exact) mass is 289 g/mol. The fraction of sp³-hybridized carbons (Fsp3) is 0.143. The molecule has 0 unspecified atom stereocenters. The number of aryl methyl sites for hydroxylation is 1. The van der Waals surface area contributed by atoms with Gasteiger partial charge in [-0.25, -0.2) is 0 Å². The molecule has 0 bridgehead atoms. The van der Waals surface area contributed by atoms with Gasteiger partial charge in [-0.15, -0.1) is 0 Å². The van der Waals surface area contributed by atoms with Crippen molar-refractivity contribution in [2.75, 3.05) is 7.05 Å². The number of sulfonamides is 1. The van der Waals surface area contributed by atoms with Gasteiger partial charge in [-0.2, -0.15) is 17.9 Å². The highest BCUT2D eigenvalue weighted by Crippen LogP contribution is 2.15. The predicted octanol–water partition coefficient (Wildman–Crippen LogP) is 2.04. The number of hydrogen-bond acceptors (Lipinski definition) is 4. The molecule has 2 aromatic rings. The van der Waals surface area contributed by atoms with Crippen LogP contribution < -0.4 is 0 Å². The van der Waals surface area contributed by atoms with Crippen molar-refractivity contribution in [2.24, 2.45) is 5.10 Å². The van der Waals surface area contributed by atoms with Crippen molar-refractivity contribution in [3.8, 4) is 0 Å². The molecule has 0 saturated carbocycles. The van der Waals surface area contributed by atoms with Gasteiger partial charge < -0.3 is 0 Å². The van der Waals surface area contributed by atoms with Crippen LogP contribution in [0.25, 0.3) is 0 Å². The maximum atomic E-state index is 12.3. The van der Waals surface area contributed by atoms with Gasteiger partial charge >= 0.3 is 0 Å². The zero-order chi connectivity index (χ0) is 14.6. The second-order valence-electron chi connectivity index (χ2n) is 4.28. The van der Waals surface area contributed by atoms with E-state index in [2.05, 4.69) is 10.1 Å². The van der Waals surface area contributed by atoms with Crippen LogP contribution in [0.2, 0.25) is 0 Å². The maximum absolute atomic E-state index is 12.3. The molecule has 1 heterocycles. The molecule has 0 aliphatic heterocycles. The summed E-state index contributed by atoms with van der Waals surface area (Å²) in [6.45, 7) is 1.90. The first kappa shape index (κ1) is 14.2. The highest BCUT2D eigenvalue weighted by Gasteiger charge is 2.18. The van der Waals surface area contributed by atoms with Crippen molar-refractivity contribution in [3.05, 3.63) is 59.9 Å². The van der Waals surface area contributed by atoms with Crippen LogP contribution in [0.3, 0.4) is 0 Å². The van der Waals surface area contributed by atoms with E-state index in [1.165, 1.54) is 13.3 Å². The number of pyridine rings is 1. The normalized spacial score (nSPS) is 11.7. The molecule has 6 heteroatoms. The van der Waals surface area contributed by atoms with E-state index in [1.807, 2.05) is 6.92 Å². The zero-order valence-corrected chi connectivity index (χ0v) is 12.1. The zero-order valence-electron chi connectivity index (χ0n) is 11.3. The van der Waals surface area contributed by atoms with Crippen LogP contribution in [-0.2, 0) is 10.0 Å². The Hall–Kier alpha value is -2.21. The van der Waals surface area contributed by atoms with Gasteiger partial charge in [0.2, 0.25) is 0 Å². The predicted molar refractivity (Wildman–Crippen MR) is 78.0 cm³/mol. The number of rotatable bonds is 4. The van der Waals surface area contributed by atoms with Crippen molar-refractivity contribution in [2.45, 2.75) is 11.8 Å². The molecule has 2 rings (SSSR count). The summed E-state index contributed by atoms with van der Waals surface area (Å²) in [7, 11) is -2.20. The lowest BCUT2D eigenvalue weighted by atomic mass is 10.2. The average molecular weight is 289 g/mol. The van der Waals surface area contributed by atoms with Crippen LogP contribution in [-0.4, -0.2) is 31.1 Å². The summed E-state index contributed by atoms with van der Waals surface area (Å²) >= 11 is 0. The number of aromatic nitrogens is 1. The minimum absolute atomic E-state index is 0.220. The van der Waals surface area contributed by atoms with Gasteiger partial charge in [-0.1, -0.05) is 17.7 Å². The first-order chi connectivity index (χ1) is 9.50. The Labute approximate surface area is 118 Å². The third-order valence-corrected chi connectivity index (χ3v) is 4.40. The van der Waals surface area contributed by atoms with Gasteiger partial charge in [0.25, 0.3) is 10.0 Å². The maximum Gasteiger partial charge on any atom is 0.278 e. The first-order valence-electron chi connectivity index (χ1n) is 6.00. The second kappa shape index (κ2) is 5.83. The average Bonchev–Trinajstić information content (AvgIpc) is 2.46. The Kier molecular flexibility index (Phi) is 4.14. The van der Waals surface area contributed by atoms with E-state index in [-0.39, 0.29) is 4.90 Å². The molecule has 0 radical (unpaired) electrons. The molecule has 20 heavy (non-hydrogen) atoms. The number of benzene rings is 1. The molecule has 0 fully saturated rings. The van der Waals surface area contributed by atoms with Crippen molar-refractivity contribution in [1.82, 2.24) is 9.40 Å². The van der Waals surface area contributed by atoms with Gasteiger partial charge in [-0.05, 0) is 36.8 Å². The molecule has 0 atom stereocenters. The minimum atomic E-state index is -3.61. The molecular formula is C14H15N3O2S.